The van der Waals surface area contributed by atoms with Gasteiger partial charge in [-0.25, -0.2) is 0 Å². The molecule has 6 nitrogen and oxygen atoms in total. The van der Waals surface area contributed by atoms with E-state index >= 15 is 0 Å². The van der Waals surface area contributed by atoms with Crippen molar-refractivity contribution in [1.29, 1.82) is 0 Å². The van der Waals surface area contributed by atoms with Crippen molar-refractivity contribution in [3.8, 4) is 11.5 Å². The smallest absolute Gasteiger partial charge is 0.269 e. The molecule has 3 rings (SSSR count). The highest BCUT2D eigenvalue weighted by Crippen LogP contribution is 2.34. The maximum atomic E-state index is 11.6. The summed E-state index contributed by atoms with van der Waals surface area (Å²) in [5.41, 5.74) is 6.55. The molecule has 0 saturated heterocycles. The molecule has 2 aromatic heterocycles. The molecule has 1 aromatic carbocycles. The zero-order valence-electron chi connectivity index (χ0n) is 13.1. The number of aryl methyl sites for hydroxylation is 1. The van der Waals surface area contributed by atoms with Crippen LogP contribution in [0.3, 0.4) is 0 Å². The van der Waals surface area contributed by atoms with Gasteiger partial charge < -0.3 is 15.8 Å². The fourth-order valence-corrected chi connectivity index (χ4v) is 3.46. The van der Waals surface area contributed by atoms with Gasteiger partial charge in [-0.2, -0.15) is 0 Å². The van der Waals surface area contributed by atoms with E-state index in [1.165, 1.54) is 17.5 Å². The van der Waals surface area contributed by atoms with E-state index in [4.69, 9.17) is 10.5 Å². The van der Waals surface area contributed by atoms with Crippen molar-refractivity contribution in [3.05, 3.63) is 52.7 Å². The number of pyridine rings is 1. The molecular weight excluding hydrogens is 326 g/mol. The molecule has 2 amide bonds. The normalized spacial score (nSPS) is 10.6. The second-order valence-corrected chi connectivity index (χ2v) is 6.19. The third kappa shape index (κ3) is 2.93. The first-order chi connectivity index (χ1) is 11.5. The summed E-state index contributed by atoms with van der Waals surface area (Å²) in [7, 11) is 1.54. The van der Waals surface area contributed by atoms with E-state index in [-0.39, 0.29) is 11.6 Å². The molecule has 7 heteroatoms. The Bertz CT molecular complexity index is 949. The number of carbonyl (C=O) groups is 2. The molecule has 24 heavy (non-hydrogen) atoms. The van der Waals surface area contributed by atoms with Crippen LogP contribution in [0.5, 0.6) is 11.5 Å². The number of primary amides is 1. The summed E-state index contributed by atoms with van der Waals surface area (Å²) in [4.78, 5) is 27.6. The zero-order valence-corrected chi connectivity index (χ0v) is 13.9. The van der Waals surface area contributed by atoms with Crippen molar-refractivity contribution >= 4 is 33.2 Å². The number of hydrogen-bond donors (Lipinski definition) is 2. The molecule has 0 unspecified atom stereocenters. The Kier molecular flexibility index (Phi) is 4.18. The molecule has 0 radical (unpaired) electrons. The first kappa shape index (κ1) is 15.9. The minimum absolute atomic E-state index is 0.277. The number of hydrogen-bond acceptors (Lipinski definition) is 5. The van der Waals surface area contributed by atoms with Crippen molar-refractivity contribution in [2.45, 2.75) is 6.92 Å². The number of nitrogens with zero attached hydrogens (tertiary/aromatic N) is 1. The van der Waals surface area contributed by atoms with Crippen LogP contribution in [0.15, 0.2) is 36.5 Å². The van der Waals surface area contributed by atoms with Gasteiger partial charge in [0.2, 0.25) is 0 Å². The van der Waals surface area contributed by atoms with Gasteiger partial charge in [-0.15, -0.1) is 11.3 Å². The van der Waals surface area contributed by atoms with Crippen molar-refractivity contribution in [1.82, 2.24) is 10.3 Å². The van der Waals surface area contributed by atoms with Gasteiger partial charge in [0, 0.05) is 24.0 Å². The lowest BCUT2D eigenvalue weighted by molar-refractivity contribution is 0.0956. The number of nitrogens with two attached hydrogens (primary N) is 1. The largest absolute Gasteiger partial charge is 0.457 e. The summed E-state index contributed by atoms with van der Waals surface area (Å²) in [5, 5.41) is 3.49. The van der Waals surface area contributed by atoms with E-state index in [1.54, 1.807) is 19.2 Å². The molecule has 0 spiro atoms. The Balaban J connectivity index is 1.93. The second-order valence-electron chi connectivity index (χ2n) is 5.14. The van der Waals surface area contributed by atoms with Gasteiger partial charge in [-0.3, -0.25) is 14.6 Å². The number of aromatic nitrogens is 1. The van der Waals surface area contributed by atoms with Crippen molar-refractivity contribution in [3.63, 3.8) is 0 Å². The van der Waals surface area contributed by atoms with Crippen LogP contribution in [0.1, 0.15) is 25.7 Å². The van der Waals surface area contributed by atoms with Crippen LogP contribution in [0.4, 0.5) is 0 Å². The van der Waals surface area contributed by atoms with E-state index < -0.39 is 5.91 Å². The Labute approximate surface area is 142 Å². The molecule has 0 fully saturated rings. The Morgan fingerprint density at radius 1 is 1.21 bits per heavy atom. The number of ether oxygens (including phenoxy) is 1. The van der Waals surface area contributed by atoms with E-state index in [0.717, 1.165) is 15.6 Å². The Hall–Kier alpha value is -2.93. The van der Waals surface area contributed by atoms with Crippen molar-refractivity contribution in [2.24, 2.45) is 5.73 Å². The average molecular weight is 341 g/mol. The summed E-state index contributed by atoms with van der Waals surface area (Å²) >= 11 is 1.34. The molecule has 3 aromatic rings. The molecule has 0 saturated carbocycles. The van der Waals surface area contributed by atoms with Gasteiger partial charge >= 0.3 is 0 Å². The second kappa shape index (κ2) is 6.29. The van der Waals surface area contributed by atoms with E-state index in [9.17, 15) is 9.59 Å². The third-order valence-corrected chi connectivity index (χ3v) is 4.83. The lowest BCUT2D eigenvalue weighted by Gasteiger charge is -2.07. The number of carbonyl (C=O) groups excluding carboxylic acids is 2. The minimum Gasteiger partial charge on any atom is -0.457 e. The highest BCUT2D eigenvalue weighted by molar-refractivity contribution is 7.21. The number of nitrogens with one attached hydrogen (secondary N) is 1. The molecule has 2 heterocycles. The topological polar surface area (TPSA) is 94.3 Å². The highest BCUT2D eigenvalue weighted by Gasteiger charge is 2.13. The molecular formula is C17H15N3O3S. The predicted molar refractivity (Wildman–Crippen MR) is 92.8 cm³/mol. The van der Waals surface area contributed by atoms with Crippen molar-refractivity contribution in [2.75, 3.05) is 7.05 Å². The van der Waals surface area contributed by atoms with Crippen LogP contribution >= 0.6 is 11.3 Å². The molecule has 0 aliphatic rings. The van der Waals surface area contributed by atoms with Gasteiger partial charge in [0.1, 0.15) is 17.2 Å². The number of rotatable bonds is 4. The summed E-state index contributed by atoms with van der Waals surface area (Å²) in [6.45, 7) is 1.87. The van der Waals surface area contributed by atoms with Gasteiger partial charge in [0.25, 0.3) is 11.8 Å². The van der Waals surface area contributed by atoms with Crippen LogP contribution in [0.2, 0.25) is 0 Å². The number of amides is 2. The van der Waals surface area contributed by atoms with Crippen molar-refractivity contribution < 1.29 is 14.3 Å². The summed E-state index contributed by atoms with van der Waals surface area (Å²) in [6, 6.07) is 8.79. The fraction of sp³-hybridized carbons (Fsp3) is 0.118. The highest BCUT2D eigenvalue weighted by atomic mass is 32.1. The molecule has 3 N–H and O–H groups in total. The monoisotopic (exact) mass is 341 g/mol. The van der Waals surface area contributed by atoms with E-state index in [1.807, 2.05) is 25.1 Å². The maximum absolute atomic E-state index is 11.6. The molecule has 0 atom stereocenters. The lowest BCUT2D eigenvalue weighted by atomic mass is 10.1. The summed E-state index contributed by atoms with van der Waals surface area (Å²) < 4.78 is 6.72. The standard InChI is InChI=1S/C17H15N3O3S/c1-9-12-4-3-10(8-14(12)24-15(9)16(18)21)23-11-5-6-20-13(7-11)17(22)19-2/h3-8H,1-2H3,(H2,18,21)(H,19,22). The Morgan fingerprint density at radius 3 is 2.67 bits per heavy atom. The van der Waals surface area contributed by atoms with Gasteiger partial charge in [0.15, 0.2) is 0 Å². The van der Waals surface area contributed by atoms with Crippen LogP contribution in [-0.4, -0.2) is 23.8 Å². The fourth-order valence-electron chi connectivity index (χ4n) is 2.37. The summed E-state index contributed by atoms with van der Waals surface area (Å²) in [5.74, 6) is 0.400. The molecule has 0 aliphatic heterocycles. The van der Waals surface area contributed by atoms with E-state index in [0.29, 0.717) is 16.4 Å². The summed E-state index contributed by atoms with van der Waals surface area (Å²) in [6.07, 6.45) is 1.51. The quantitative estimate of drug-likeness (QED) is 0.763. The van der Waals surface area contributed by atoms with Crippen LogP contribution < -0.4 is 15.8 Å². The molecule has 0 bridgehead atoms. The first-order valence-electron chi connectivity index (χ1n) is 7.18. The SMILES string of the molecule is CNC(=O)c1cc(Oc2ccc3c(C)c(C(N)=O)sc3c2)ccn1. The lowest BCUT2D eigenvalue weighted by Crippen LogP contribution is -2.18. The zero-order chi connectivity index (χ0) is 17.3. The van der Waals surface area contributed by atoms with Gasteiger partial charge in [-0.05, 0) is 42.1 Å². The minimum atomic E-state index is -0.430. The molecule has 0 aliphatic carbocycles. The number of thiophene rings is 1. The first-order valence-corrected chi connectivity index (χ1v) is 8.00. The van der Waals surface area contributed by atoms with Gasteiger partial charge in [-0.1, -0.05) is 0 Å². The predicted octanol–water partition coefficient (Wildman–Crippen LogP) is 2.86. The maximum Gasteiger partial charge on any atom is 0.269 e. The molecule has 122 valence electrons. The Morgan fingerprint density at radius 2 is 1.96 bits per heavy atom. The van der Waals surface area contributed by atoms with Crippen LogP contribution in [0, 0.1) is 6.92 Å². The van der Waals surface area contributed by atoms with E-state index in [2.05, 4.69) is 10.3 Å². The van der Waals surface area contributed by atoms with Gasteiger partial charge in [0.05, 0.1) is 4.88 Å². The third-order valence-electron chi connectivity index (χ3n) is 3.56. The number of fused-ring (bicyclic) bond motifs is 1. The average Bonchev–Trinajstić information content (AvgIpc) is 2.91. The van der Waals surface area contributed by atoms with Crippen LogP contribution in [0.25, 0.3) is 10.1 Å². The number of benzene rings is 1. The van der Waals surface area contributed by atoms with Crippen LogP contribution in [-0.2, 0) is 0 Å².